The van der Waals surface area contributed by atoms with Crippen LogP contribution in [0, 0.1) is 0 Å². The van der Waals surface area contributed by atoms with E-state index in [1.807, 2.05) is 0 Å². The van der Waals surface area contributed by atoms with Crippen LogP contribution in [-0.2, 0) is 16.0 Å². The van der Waals surface area contributed by atoms with Crippen LogP contribution >= 0.6 is 0 Å². The van der Waals surface area contributed by atoms with Crippen molar-refractivity contribution < 1.29 is 18.3 Å². The van der Waals surface area contributed by atoms with Crippen molar-refractivity contribution >= 4 is 5.97 Å². The van der Waals surface area contributed by atoms with Gasteiger partial charge >= 0.3 is 5.97 Å². The fourth-order valence-electron chi connectivity index (χ4n) is 1.44. The van der Waals surface area contributed by atoms with Crippen LogP contribution in [0.4, 0.5) is 8.78 Å². The van der Waals surface area contributed by atoms with E-state index in [1.54, 1.807) is 37.3 Å². The Morgan fingerprint density at radius 2 is 2.00 bits per heavy atom. The van der Waals surface area contributed by atoms with E-state index in [2.05, 4.69) is 4.74 Å². The van der Waals surface area contributed by atoms with Crippen molar-refractivity contribution in [3.8, 4) is 0 Å². The zero-order chi connectivity index (χ0) is 12.9. The van der Waals surface area contributed by atoms with Gasteiger partial charge in [-0.1, -0.05) is 30.3 Å². The minimum Gasteiger partial charge on any atom is -0.464 e. The predicted octanol–water partition coefficient (Wildman–Crippen LogP) is 1.75. The highest BCUT2D eigenvalue weighted by molar-refractivity contribution is 5.81. The lowest BCUT2D eigenvalue weighted by molar-refractivity contribution is -0.156. The maximum absolute atomic E-state index is 12.9. The molecule has 1 rings (SSSR count). The van der Waals surface area contributed by atoms with Crippen molar-refractivity contribution in [2.75, 3.05) is 6.61 Å². The van der Waals surface area contributed by atoms with E-state index in [0.717, 1.165) is 0 Å². The smallest absolute Gasteiger partial charge is 0.332 e. The predicted molar refractivity (Wildman–Crippen MR) is 59.7 cm³/mol. The third kappa shape index (κ3) is 3.23. The number of ether oxygens (including phenoxy) is 1. The summed E-state index contributed by atoms with van der Waals surface area (Å²) in [6.07, 6.45) is -3.22. The van der Waals surface area contributed by atoms with Crippen molar-refractivity contribution in [3.63, 3.8) is 0 Å². The number of hydrogen-bond donors (Lipinski definition) is 1. The lowest BCUT2D eigenvalue weighted by atomic mass is 9.92. The van der Waals surface area contributed by atoms with Crippen LogP contribution in [-0.4, -0.2) is 24.5 Å². The molecule has 0 saturated carbocycles. The third-order valence-corrected chi connectivity index (χ3v) is 2.38. The second-order valence-electron chi connectivity index (χ2n) is 3.72. The highest BCUT2D eigenvalue weighted by Gasteiger charge is 2.45. The Balaban J connectivity index is 2.89. The van der Waals surface area contributed by atoms with Crippen LogP contribution in [0.3, 0.4) is 0 Å². The Bertz CT molecular complexity index is 370. The SMILES string of the molecule is CCOC(=O)[C@](N)(Cc1ccccc1)C(F)F. The molecule has 0 aliphatic heterocycles. The van der Waals surface area contributed by atoms with Gasteiger partial charge in [-0.25, -0.2) is 13.6 Å². The summed E-state index contributed by atoms with van der Waals surface area (Å²) in [6, 6.07) is 8.44. The van der Waals surface area contributed by atoms with E-state index in [-0.39, 0.29) is 13.0 Å². The van der Waals surface area contributed by atoms with Gasteiger partial charge in [-0.05, 0) is 12.5 Å². The molecule has 0 aromatic heterocycles. The fraction of sp³-hybridized carbons (Fsp3) is 0.417. The van der Waals surface area contributed by atoms with Gasteiger partial charge in [0, 0.05) is 6.42 Å². The summed E-state index contributed by atoms with van der Waals surface area (Å²) in [4.78, 5) is 11.5. The molecule has 94 valence electrons. The number of carbonyl (C=O) groups excluding carboxylic acids is 1. The average molecular weight is 243 g/mol. The van der Waals surface area contributed by atoms with Gasteiger partial charge in [-0.15, -0.1) is 0 Å². The Morgan fingerprint density at radius 1 is 1.41 bits per heavy atom. The summed E-state index contributed by atoms with van der Waals surface area (Å²) >= 11 is 0. The van der Waals surface area contributed by atoms with Gasteiger partial charge in [0.2, 0.25) is 0 Å². The maximum Gasteiger partial charge on any atom is 0.332 e. The zero-order valence-corrected chi connectivity index (χ0v) is 9.53. The number of nitrogens with two attached hydrogens (primary N) is 1. The molecule has 1 aromatic rings. The zero-order valence-electron chi connectivity index (χ0n) is 9.53. The topological polar surface area (TPSA) is 52.3 Å². The van der Waals surface area contributed by atoms with Crippen LogP contribution in [0.2, 0.25) is 0 Å². The maximum atomic E-state index is 12.9. The largest absolute Gasteiger partial charge is 0.464 e. The van der Waals surface area contributed by atoms with Crippen molar-refractivity contribution in [1.29, 1.82) is 0 Å². The molecule has 0 bridgehead atoms. The van der Waals surface area contributed by atoms with Crippen molar-refractivity contribution in [2.45, 2.75) is 25.3 Å². The standard InChI is InChI=1S/C12H15F2NO2/c1-2-17-11(16)12(15,10(13)14)8-9-6-4-3-5-7-9/h3-7,10H,2,8,15H2,1H3/t12-/m0/s1. The van der Waals surface area contributed by atoms with Crippen LogP contribution in [0.15, 0.2) is 30.3 Å². The van der Waals surface area contributed by atoms with Gasteiger partial charge in [0.05, 0.1) is 6.61 Å². The summed E-state index contributed by atoms with van der Waals surface area (Å²) in [7, 11) is 0. The molecule has 0 fully saturated rings. The Morgan fingerprint density at radius 3 is 2.47 bits per heavy atom. The molecule has 17 heavy (non-hydrogen) atoms. The van der Waals surface area contributed by atoms with Crippen molar-refractivity contribution in [3.05, 3.63) is 35.9 Å². The van der Waals surface area contributed by atoms with Gasteiger partial charge in [0.25, 0.3) is 6.43 Å². The fourth-order valence-corrected chi connectivity index (χ4v) is 1.44. The minimum atomic E-state index is -2.97. The molecular weight excluding hydrogens is 228 g/mol. The first-order valence-corrected chi connectivity index (χ1v) is 5.29. The van der Waals surface area contributed by atoms with Gasteiger partial charge in [0.1, 0.15) is 0 Å². The van der Waals surface area contributed by atoms with Gasteiger partial charge in [-0.2, -0.15) is 0 Å². The Hall–Kier alpha value is -1.49. The Labute approximate surface area is 98.6 Å². The minimum absolute atomic E-state index is 0.0271. The van der Waals surface area contributed by atoms with Crippen LogP contribution < -0.4 is 5.73 Å². The van der Waals surface area contributed by atoms with E-state index in [1.165, 1.54) is 0 Å². The van der Waals surface area contributed by atoms with Gasteiger partial charge < -0.3 is 10.5 Å². The van der Waals surface area contributed by atoms with Crippen LogP contribution in [0.1, 0.15) is 12.5 Å². The number of carbonyl (C=O) groups is 1. The molecular formula is C12H15F2NO2. The summed E-state index contributed by atoms with van der Waals surface area (Å²) in [6.45, 7) is 1.57. The first-order valence-electron chi connectivity index (χ1n) is 5.29. The number of esters is 1. The summed E-state index contributed by atoms with van der Waals surface area (Å²) in [5.74, 6) is -1.07. The van der Waals surface area contributed by atoms with E-state index in [9.17, 15) is 13.6 Å². The molecule has 0 spiro atoms. The quantitative estimate of drug-likeness (QED) is 0.802. The molecule has 1 atom stereocenters. The molecule has 0 saturated heterocycles. The first kappa shape index (κ1) is 13.6. The highest BCUT2D eigenvalue weighted by atomic mass is 19.3. The number of rotatable bonds is 5. The second-order valence-corrected chi connectivity index (χ2v) is 3.72. The molecule has 0 aliphatic carbocycles. The summed E-state index contributed by atoms with van der Waals surface area (Å²) < 4.78 is 30.4. The molecule has 0 aliphatic rings. The third-order valence-electron chi connectivity index (χ3n) is 2.38. The average Bonchev–Trinajstić information content (AvgIpc) is 2.30. The van der Waals surface area contributed by atoms with E-state index >= 15 is 0 Å². The monoisotopic (exact) mass is 243 g/mol. The normalized spacial score (nSPS) is 14.4. The molecule has 2 N–H and O–H groups in total. The number of benzene rings is 1. The highest BCUT2D eigenvalue weighted by Crippen LogP contribution is 2.20. The van der Waals surface area contributed by atoms with E-state index in [0.29, 0.717) is 5.56 Å². The molecule has 5 heteroatoms. The van der Waals surface area contributed by atoms with Crippen LogP contribution in [0.25, 0.3) is 0 Å². The van der Waals surface area contributed by atoms with Crippen molar-refractivity contribution in [2.24, 2.45) is 5.73 Å². The second kappa shape index (κ2) is 5.72. The van der Waals surface area contributed by atoms with Crippen LogP contribution in [0.5, 0.6) is 0 Å². The molecule has 0 radical (unpaired) electrons. The number of halogens is 2. The van der Waals surface area contributed by atoms with Crippen molar-refractivity contribution in [1.82, 2.24) is 0 Å². The summed E-state index contributed by atoms with van der Waals surface area (Å²) in [5.41, 5.74) is 3.77. The lowest BCUT2D eigenvalue weighted by Gasteiger charge is -2.26. The van der Waals surface area contributed by atoms with Gasteiger partial charge in [0.15, 0.2) is 5.54 Å². The lowest BCUT2D eigenvalue weighted by Crippen LogP contribution is -2.56. The molecule has 1 aromatic carbocycles. The first-order chi connectivity index (χ1) is 8.00. The molecule has 0 amide bonds. The molecule has 3 nitrogen and oxygen atoms in total. The van der Waals surface area contributed by atoms with E-state index < -0.39 is 17.9 Å². The van der Waals surface area contributed by atoms with E-state index in [4.69, 9.17) is 5.73 Å². The van der Waals surface area contributed by atoms with Gasteiger partial charge in [-0.3, -0.25) is 0 Å². The number of alkyl halides is 2. The molecule has 0 unspecified atom stereocenters. The number of hydrogen-bond acceptors (Lipinski definition) is 3. The summed E-state index contributed by atoms with van der Waals surface area (Å²) in [5, 5.41) is 0. The molecule has 0 heterocycles. The Kier molecular flexibility index (Phi) is 4.57.